The SMILES string of the molecule is COCC(C)NC(=O)C=Cc1c(C)nn(-c2ccccc2)c1C. The lowest BCUT2D eigenvalue weighted by Crippen LogP contribution is -2.34. The predicted octanol–water partition coefficient (Wildman–Crippen LogP) is 2.65. The number of nitrogens with zero attached hydrogens (tertiary/aromatic N) is 2. The van der Waals surface area contributed by atoms with Crippen LogP contribution in [-0.2, 0) is 9.53 Å². The van der Waals surface area contributed by atoms with Crippen molar-refractivity contribution in [1.82, 2.24) is 15.1 Å². The van der Waals surface area contributed by atoms with Crippen molar-refractivity contribution in [3.63, 3.8) is 0 Å². The monoisotopic (exact) mass is 313 g/mol. The van der Waals surface area contributed by atoms with Gasteiger partial charge in [-0.15, -0.1) is 0 Å². The molecule has 0 saturated heterocycles. The first-order valence-corrected chi connectivity index (χ1v) is 7.62. The second kappa shape index (κ2) is 7.74. The van der Waals surface area contributed by atoms with Gasteiger partial charge < -0.3 is 10.1 Å². The molecular formula is C18H23N3O2. The Labute approximate surface area is 137 Å². The second-order valence-electron chi connectivity index (χ2n) is 5.53. The van der Waals surface area contributed by atoms with E-state index in [0.717, 1.165) is 22.6 Å². The highest BCUT2D eigenvalue weighted by Crippen LogP contribution is 2.18. The number of ether oxygens (including phenoxy) is 1. The largest absolute Gasteiger partial charge is 0.383 e. The fourth-order valence-electron chi connectivity index (χ4n) is 2.46. The summed E-state index contributed by atoms with van der Waals surface area (Å²) in [5.74, 6) is -0.138. The van der Waals surface area contributed by atoms with E-state index in [9.17, 15) is 4.79 Å². The number of amides is 1. The van der Waals surface area contributed by atoms with Crippen LogP contribution in [0.1, 0.15) is 23.9 Å². The zero-order chi connectivity index (χ0) is 16.8. The van der Waals surface area contributed by atoms with E-state index in [0.29, 0.717) is 6.61 Å². The topological polar surface area (TPSA) is 56.1 Å². The van der Waals surface area contributed by atoms with Crippen LogP contribution in [0.2, 0.25) is 0 Å². The lowest BCUT2D eigenvalue weighted by molar-refractivity contribution is -0.117. The zero-order valence-corrected chi connectivity index (χ0v) is 14.0. The number of aryl methyl sites for hydroxylation is 1. The van der Waals surface area contributed by atoms with E-state index in [1.54, 1.807) is 13.2 Å². The van der Waals surface area contributed by atoms with E-state index < -0.39 is 0 Å². The number of hydrogen-bond acceptors (Lipinski definition) is 3. The van der Waals surface area contributed by atoms with Gasteiger partial charge in [0, 0.05) is 30.5 Å². The molecule has 0 radical (unpaired) electrons. The molecule has 0 aliphatic rings. The van der Waals surface area contributed by atoms with Crippen LogP contribution in [0.4, 0.5) is 0 Å². The van der Waals surface area contributed by atoms with E-state index in [2.05, 4.69) is 10.4 Å². The maximum absolute atomic E-state index is 11.9. The van der Waals surface area contributed by atoms with Gasteiger partial charge in [-0.1, -0.05) is 18.2 Å². The van der Waals surface area contributed by atoms with Gasteiger partial charge in [0.2, 0.25) is 5.91 Å². The number of nitrogens with one attached hydrogen (secondary N) is 1. The summed E-state index contributed by atoms with van der Waals surface area (Å²) in [5, 5.41) is 7.41. The molecule has 5 nitrogen and oxygen atoms in total. The standard InChI is InChI=1S/C18H23N3O2/c1-13(12-23-4)19-18(22)11-10-17-14(2)20-21(15(17)3)16-8-6-5-7-9-16/h5-11,13H,12H2,1-4H3,(H,19,22). The van der Waals surface area contributed by atoms with Crippen molar-refractivity contribution in [2.75, 3.05) is 13.7 Å². The number of hydrogen-bond donors (Lipinski definition) is 1. The highest BCUT2D eigenvalue weighted by atomic mass is 16.5. The van der Waals surface area contributed by atoms with E-state index in [4.69, 9.17) is 4.74 Å². The molecule has 0 saturated carbocycles. The maximum Gasteiger partial charge on any atom is 0.244 e. The van der Waals surface area contributed by atoms with Gasteiger partial charge >= 0.3 is 0 Å². The summed E-state index contributed by atoms with van der Waals surface area (Å²) in [6.45, 7) is 6.33. The first kappa shape index (κ1) is 17.0. The molecule has 122 valence electrons. The van der Waals surface area contributed by atoms with Gasteiger partial charge in [-0.25, -0.2) is 4.68 Å². The Balaban J connectivity index is 2.16. The fraction of sp³-hybridized carbons (Fsp3) is 0.333. The summed E-state index contributed by atoms with van der Waals surface area (Å²) < 4.78 is 6.90. The maximum atomic E-state index is 11.9. The van der Waals surface area contributed by atoms with Crippen LogP contribution in [0.15, 0.2) is 36.4 Å². The number of carbonyl (C=O) groups is 1. The third-order valence-electron chi connectivity index (χ3n) is 3.55. The average Bonchev–Trinajstić information content (AvgIpc) is 2.81. The lowest BCUT2D eigenvalue weighted by atomic mass is 10.2. The normalized spacial score (nSPS) is 12.5. The Morgan fingerprint density at radius 3 is 2.70 bits per heavy atom. The van der Waals surface area contributed by atoms with Crippen LogP contribution in [0.25, 0.3) is 11.8 Å². The van der Waals surface area contributed by atoms with E-state index in [1.807, 2.05) is 61.9 Å². The molecule has 0 fully saturated rings. The van der Waals surface area contributed by atoms with Crippen molar-refractivity contribution in [3.8, 4) is 5.69 Å². The van der Waals surface area contributed by atoms with Crippen molar-refractivity contribution >= 4 is 12.0 Å². The van der Waals surface area contributed by atoms with Crippen molar-refractivity contribution < 1.29 is 9.53 Å². The van der Waals surface area contributed by atoms with Crippen molar-refractivity contribution in [2.24, 2.45) is 0 Å². The minimum absolute atomic E-state index is 0.0219. The summed E-state index contributed by atoms with van der Waals surface area (Å²) >= 11 is 0. The van der Waals surface area contributed by atoms with Crippen LogP contribution in [0, 0.1) is 13.8 Å². The third kappa shape index (κ3) is 4.29. The summed E-state index contributed by atoms with van der Waals surface area (Å²) in [7, 11) is 1.61. The predicted molar refractivity (Wildman–Crippen MR) is 91.6 cm³/mol. The van der Waals surface area contributed by atoms with Gasteiger partial charge in [-0.05, 0) is 39.0 Å². The molecular weight excluding hydrogens is 290 g/mol. The summed E-state index contributed by atoms with van der Waals surface area (Å²) in [6, 6.07) is 9.92. The third-order valence-corrected chi connectivity index (χ3v) is 3.55. The smallest absolute Gasteiger partial charge is 0.244 e. The molecule has 23 heavy (non-hydrogen) atoms. The van der Waals surface area contributed by atoms with Crippen LogP contribution < -0.4 is 5.32 Å². The van der Waals surface area contributed by atoms with Crippen molar-refractivity contribution in [2.45, 2.75) is 26.8 Å². The molecule has 0 bridgehead atoms. The highest BCUT2D eigenvalue weighted by Gasteiger charge is 2.11. The van der Waals surface area contributed by atoms with E-state index in [-0.39, 0.29) is 11.9 Å². The molecule has 0 aliphatic heterocycles. The van der Waals surface area contributed by atoms with Gasteiger partial charge in [0.25, 0.3) is 0 Å². The van der Waals surface area contributed by atoms with Crippen LogP contribution >= 0.6 is 0 Å². The van der Waals surface area contributed by atoms with Gasteiger partial charge in [0.05, 0.1) is 18.0 Å². The molecule has 0 aliphatic carbocycles. The zero-order valence-electron chi connectivity index (χ0n) is 14.0. The summed E-state index contributed by atoms with van der Waals surface area (Å²) in [4.78, 5) is 11.9. The number of methoxy groups -OCH3 is 1. The molecule has 1 aromatic carbocycles. The van der Waals surface area contributed by atoms with Crippen LogP contribution in [0.3, 0.4) is 0 Å². The number of rotatable bonds is 6. The summed E-state index contributed by atoms with van der Waals surface area (Å²) in [5.41, 5.74) is 3.86. The molecule has 1 atom stereocenters. The molecule has 1 N–H and O–H groups in total. The van der Waals surface area contributed by atoms with Crippen molar-refractivity contribution in [1.29, 1.82) is 0 Å². The molecule has 5 heteroatoms. The van der Waals surface area contributed by atoms with Gasteiger partial charge in [0.15, 0.2) is 0 Å². The quantitative estimate of drug-likeness (QED) is 0.834. The highest BCUT2D eigenvalue weighted by molar-refractivity contribution is 5.92. The molecule has 1 amide bonds. The number of carbonyl (C=O) groups excluding carboxylic acids is 1. The molecule has 2 aromatic rings. The molecule has 1 heterocycles. The molecule has 2 rings (SSSR count). The second-order valence-corrected chi connectivity index (χ2v) is 5.53. The van der Waals surface area contributed by atoms with Gasteiger partial charge in [-0.2, -0.15) is 5.10 Å². The summed E-state index contributed by atoms with van der Waals surface area (Å²) in [6.07, 6.45) is 3.35. The average molecular weight is 313 g/mol. The molecule has 1 aromatic heterocycles. The van der Waals surface area contributed by atoms with Gasteiger partial charge in [-0.3, -0.25) is 4.79 Å². The number of aromatic nitrogens is 2. The minimum Gasteiger partial charge on any atom is -0.383 e. The first-order valence-electron chi connectivity index (χ1n) is 7.62. The van der Waals surface area contributed by atoms with E-state index in [1.165, 1.54) is 0 Å². The van der Waals surface area contributed by atoms with Crippen molar-refractivity contribution in [3.05, 3.63) is 53.4 Å². The Bertz CT molecular complexity index is 690. The Hall–Kier alpha value is -2.40. The van der Waals surface area contributed by atoms with E-state index >= 15 is 0 Å². The fourth-order valence-corrected chi connectivity index (χ4v) is 2.46. The van der Waals surface area contributed by atoms with Gasteiger partial charge in [0.1, 0.15) is 0 Å². The molecule has 1 unspecified atom stereocenters. The number of benzene rings is 1. The van der Waals surface area contributed by atoms with Crippen LogP contribution in [0.5, 0.6) is 0 Å². The molecule has 0 spiro atoms. The first-order chi connectivity index (χ1) is 11.0. The Kier molecular flexibility index (Phi) is 5.71. The Morgan fingerprint density at radius 2 is 2.04 bits per heavy atom. The lowest BCUT2D eigenvalue weighted by Gasteiger charge is -2.10. The Morgan fingerprint density at radius 1 is 1.35 bits per heavy atom. The minimum atomic E-state index is -0.138. The number of para-hydroxylation sites is 1. The van der Waals surface area contributed by atoms with Crippen LogP contribution in [-0.4, -0.2) is 35.4 Å².